The van der Waals surface area contributed by atoms with Crippen molar-refractivity contribution in [2.45, 2.75) is 25.2 Å². The van der Waals surface area contributed by atoms with Crippen LogP contribution < -0.4 is 15.4 Å². The lowest BCUT2D eigenvalue weighted by Gasteiger charge is -2.09. The van der Waals surface area contributed by atoms with Crippen molar-refractivity contribution in [3.05, 3.63) is 83.9 Å². The van der Waals surface area contributed by atoms with Crippen molar-refractivity contribution in [1.29, 1.82) is 0 Å². The molecule has 3 aromatic rings. The van der Waals surface area contributed by atoms with Crippen LogP contribution in [0.3, 0.4) is 0 Å². The van der Waals surface area contributed by atoms with E-state index >= 15 is 0 Å². The van der Waals surface area contributed by atoms with E-state index in [0.29, 0.717) is 35.7 Å². The van der Waals surface area contributed by atoms with Gasteiger partial charge in [-0.3, -0.25) is 9.59 Å². The zero-order valence-corrected chi connectivity index (χ0v) is 18.5. The van der Waals surface area contributed by atoms with Gasteiger partial charge in [0.25, 0.3) is 5.91 Å². The molecule has 0 aliphatic rings. The van der Waals surface area contributed by atoms with Crippen LogP contribution in [0.15, 0.2) is 77.7 Å². The molecule has 0 atom stereocenters. The fraction of sp³-hybridized carbons (Fsp3) is 0.200. The first-order valence-electron chi connectivity index (χ1n) is 10.2. The van der Waals surface area contributed by atoms with Gasteiger partial charge in [0.2, 0.25) is 5.91 Å². The molecule has 0 bridgehead atoms. The van der Waals surface area contributed by atoms with Crippen LogP contribution in [-0.4, -0.2) is 24.2 Å². The summed E-state index contributed by atoms with van der Waals surface area (Å²) in [4.78, 5) is 25.8. The zero-order chi connectivity index (χ0) is 22.1. The molecule has 0 aromatic heterocycles. The summed E-state index contributed by atoms with van der Waals surface area (Å²) in [5.74, 6) is 1.21. The van der Waals surface area contributed by atoms with Crippen molar-refractivity contribution in [3.63, 3.8) is 0 Å². The number of amides is 2. The molecule has 2 N–H and O–H groups in total. The number of thioether (sulfide) groups is 1. The minimum absolute atomic E-state index is 0.0498. The van der Waals surface area contributed by atoms with Gasteiger partial charge in [-0.15, -0.1) is 11.8 Å². The van der Waals surface area contributed by atoms with E-state index in [1.165, 1.54) is 5.56 Å². The third-order valence-electron chi connectivity index (χ3n) is 4.47. The second-order valence-electron chi connectivity index (χ2n) is 6.95. The van der Waals surface area contributed by atoms with Gasteiger partial charge in [-0.05, 0) is 74.5 Å². The third-order valence-corrected chi connectivity index (χ3v) is 5.49. The summed E-state index contributed by atoms with van der Waals surface area (Å²) in [7, 11) is 0. The van der Waals surface area contributed by atoms with Crippen LogP contribution in [0.25, 0.3) is 0 Å². The Labute approximate surface area is 187 Å². The Morgan fingerprint density at radius 2 is 1.45 bits per heavy atom. The molecule has 0 aliphatic heterocycles. The first-order valence-corrected chi connectivity index (χ1v) is 11.2. The lowest BCUT2D eigenvalue weighted by atomic mass is 10.2. The van der Waals surface area contributed by atoms with Crippen LogP contribution in [0, 0.1) is 6.92 Å². The first kappa shape index (κ1) is 22.4. The van der Waals surface area contributed by atoms with E-state index in [0.717, 1.165) is 10.6 Å². The lowest BCUT2D eigenvalue weighted by Crippen LogP contribution is -2.14. The van der Waals surface area contributed by atoms with Gasteiger partial charge in [0.1, 0.15) is 5.75 Å². The Balaban J connectivity index is 1.45. The fourth-order valence-electron chi connectivity index (χ4n) is 2.83. The van der Waals surface area contributed by atoms with Gasteiger partial charge in [-0.25, -0.2) is 0 Å². The molecule has 6 heteroatoms. The van der Waals surface area contributed by atoms with E-state index in [2.05, 4.69) is 41.8 Å². The molecule has 31 heavy (non-hydrogen) atoms. The quantitative estimate of drug-likeness (QED) is 0.420. The summed E-state index contributed by atoms with van der Waals surface area (Å²) in [5, 5.41) is 5.72. The topological polar surface area (TPSA) is 67.4 Å². The van der Waals surface area contributed by atoms with Crippen LogP contribution >= 0.6 is 11.8 Å². The van der Waals surface area contributed by atoms with Crippen LogP contribution in [0.2, 0.25) is 0 Å². The molecule has 0 aliphatic carbocycles. The van der Waals surface area contributed by atoms with E-state index in [1.807, 2.05) is 19.1 Å². The molecule has 0 fully saturated rings. The number of hydrogen-bond acceptors (Lipinski definition) is 4. The highest BCUT2D eigenvalue weighted by Gasteiger charge is 2.08. The second kappa shape index (κ2) is 11.2. The van der Waals surface area contributed by atoms with Gasteiger partial charge < -0.3 is 15.4 Å². The molecular formula is C25H26N2O3S. The molecule has 0 heterocycles. The normalized spacial score (nSPS) is 10.4. The average Bonchev–Trinajstić information content (AvgIpc) is 2.77. The summed E-state index contributed by atoms with van der Waals surface area (Å²) in [6, 6.07) is 22.3. The van der Waals surface area contributed by atoms with Crippen molar-refractivity contribution in [1.82, 2.24) is 0 Å². The maximum atomic E-state index is 12.4. The fourth-order valence-corrected chi connectivity index (χ4v) is 3.68. The van der Waals surface area contributed by atoms with Crippen molar-refractivity contribution in [2.75, 3.05) is 23.0 Å². The Morgan fingerprint density at radius 1 is 0.839 bits per heavy atom. The van der Waals surface area contributed by atoms with E-state index in [9.17, 15) is 9.59 Å². The number of carbonyl (C=O) groups excluding carboxylic acids is 2. The Kier molecular flexibility index (Phi) is 8.12. The van der Waals surface area contributed by atoms with Crippen LogP contribution in [0.4, 0.5) is 11.4 Å². The maximum Gasteiger partial charge on any atom is 0.255 e. The summed E-state index contributed by atoms with van der Waals surface area (Å²) < 4.78 is 5.40. The lowest BCUT2D eigenvalue weighted by molar-refractivity contribution is -0.115. The molecule has 3 rings (SSSR count). The summed E-state index contributed by atoms with van der Waals surface area (Å²) in [6.07, 6.45) is 0.415. The number of aryl methyl sites for hydroxylation is 1. The smallest absolute Gasteiger partial charge is 0.255 e. The highest BCUT2D eigenvalue weighted by atomic mass is 32.2. The average molecular weight is 435 g/mol. The number of benzene rings is 3. The molecule has 160 valence electrons. The minimum Gasteiger partial charge on any atom is -0.494 e. The van der Waals surface area contributed by atoms with Gasteiger partial charge in [-0.1, -0.05) is 17.7 Å². The Bertz CT molecular complexity index is 1000. The Morgan fingerprint density at radius 3 is 2.10 bits per heavy atom. The molecule has 5 nitrogen and oxygen atoms in total. The molecular weight excluding hydrogens is 408 g/mol. The van der Waals surface area contributed by atoms with Crippen LogP contribution in [-0.2, 0) is 4.79 Å². The molecule has 3 aromatic carbocycles. The maximum absolute atomic E-state index is 12.4. The van der Waals surface area contributed by atoms with E-state index in [4.69, 9.17) is 4.74 Å². The molecule has 2 amide bonds. The minimum atomic E-state index is -0.212. The van der Waals surface area contributed by atoms with Gasteiger partial charge in [0, 0.05) is 34.0 Å². The second-order valence-corrected chi connectivity index (χ2v) is 8.12. The van der Waals surface area contributed by atoms with E-state index < -0.39 is 0 Å². The van der Waals surface area contributed by atoms with Crippen LogP contribution in [0.5, 0.6) is 5.75 Å². The van der Waals surface area contributed by atoms with Gasteiger partial charge >= 0.3 is 0 Å². The zero-order valence-electron chi connectivity index (χ0n) is 17.7. The number of ether oxygens (including phenoxy) is 1. The standard InChI is InChI=1S/C25H26N2O3S/c1-3-30-22-12-10-21(11-13-22)27-25(29)19-6-8-20(9-7-19)26-24(28)16-17-31-23-14-4-18(2)5-15-23/h4-15H,3,16-17H2,1-2H3,(H,26,28)(H,27,29). The van der Waals surface area contributed by atoms with E-state index in [-0.39, 0.29) is 11.8 Å². The number of hydrogen-bond donors (Lipinski definition) is 2. The predicted octanol–water partition coefficient (Wildman–Crippen LogP) is 5.77. The third kappa shape index (κ3) is 7.19. The molecule has 0 radical (unpaired) electrons. The number of anilines is 2. The number of rotatable bonds is 9. The van der Waals surface area contributed by atoms with Gasteiger partial charge in [0.05, 0.1) is 6.61 Å². The highest BCUT2D eigenvalue weighted by molar-refractivity contribution is 7.99. The van der Waals surface area contributed by atoms with Crippen molar-refractivity contribution in [3.8, 4) is 5.75 Å². The molecule has 0 saturated carbocycles. The predicted molar refractivity (Wildman–Crippen MR) is 127 cm³/mol. The first-order chi connectivity index (χ1) is 15.0. The van der Waals surface area contributed by atoms with Crippen LogP contribution in [0.1, 0.15) is 29.3 Å². The highest BCUT2D eigenvalue weighted by Crippen LogP contribution is 2.20. The van der Waals surface area contributed by atoms with E-state index in [1.54, 1.807) is 48.2 Å². The largest absolute Gasteiger partial charge is 0.494 e. The monoisotopic (exact) mass is 434 g/mol. The SMILES string of the molecule is CCOc1ccc(NC(=O)c2ccc(NC(=O)CCSc3ccc(C)cc3)cc2)cc1. The molecule has 0 spiro atoms. The Hall–Kier alpha value is -3.25. The summed E-state index contributed by atoms with van der Waals surface area (Å²) >= 11 is 1.66. The van der Waals surface area contributed by atoms with Gasteiger partial charge in [0.15, 0.2) is 0 Å². The molecule has 0 saturated heterocycles. The number of nitrogens with one attached hydrogen (secondary N) is 2. The van der Waals surface area contributed by atoms with Gasteiger partial charge in [-0.2, -0.15) is 0 Å². The van der Waals surface area contributed by atoms with Crippen molar-refractivity contribution < 1.29 is 14.3 Å². The summed E-state index contributed by atoms with van der Waals surface area (Å²) in [6.45, 7) is 4.57. The number of carbonyl (C=O) groups is 2. The van der Waals surface area contributed by atoms with Crippen molar-refractivity contribution >= 4 is 35.0 Å². The summed E-state index contributed by atoms with van der Waals surface area (Å²) in [5.41, 5.74) is 3.10. The molecule has 0 unspecified atom stereocenters. The van der Waals surface area contributed by atoms with Crippen molar-refractivity contribution in [2.24, 2.45) is 0 Å².